The van der Waals surface area contributed by atoms with Crippen molar-refractivity contribution in [2.75, 3.05) is 0 Å². The topological polar surface area (TPSA) is 20.2 Å². The molecule has 1 heteroatoms. The molecule has 0 aliphatic heterocycles. The second-order valence-corrected chi connectivity index (χ2v) is 6.95. The number of aromatic hydroxyl groups is 1. The highest BCUT2D eigenvalue weighted by molar-refractivity contribution is 5.36. The molecule has 0 aromatic heterocycles. The second kappa shape index (κ2) is 10.2. The molecule has 1 atom stereocenters. The van der Waals surface area contributed by atoms with Crippen molar-refractivity contribution >= 4 is 0 Å². The molecule has 0 aliphatic carbocycles. The van der Waals surface area contributed by atoms with E-state index in [-0.39, 0.29) is 0 Å². The minimum absolute atomic E-state index is 0.415. The SMILES string of the molecule is CCCCCCCCc1ccccc1C(C)Cc1ccccc1O. The summed E-state index contributed by atoms with van der Waals surface area (Å²) in [5.74, 6) is 0.840. The van der Waals surface area contributed by atoms with E-state index in [2.05, 4.69) is 38.1 Å². The zero-order chi connectivity index (χ0) is 17.2. The van der Waals surface area contributed by atoms with Crippen LogP contribution in [0.2, 0.25) is 0 Å². The van der Waals surface area contributed by atoms with E-state index in [1.807, 2.05) is 18.2 Å². The standard InChI is InChI=1S/C23H32O/c1-3-4-5-6-7-8-13-20-14-9-11-16-22(20)19(2)18-21-15-10-12-17-23(21)24/h9-12,14-17,19,24H,3-8,13,18H2,1-2H3. The number of benzene rings is 2. The Morgan fingerprint density at radius 1 is 0.792 bits per heavy atom. The third-order valence-electron chi connectivity index (χ3n) is 4.90. The summed E-state index contributed by atoms with van der Waals surface area (Å²) in [5.41, 5.74) is 3.96. The van der Waals surface area contributed by atoms with Crippen LogP contribution in [-0.4, -0.2) is 5.11 Å². The van der Waals surface area contributed by atoms with Gasteiger partial charge in [-0.05, 0) is 47.9 Å². The van der Waals surface area contributed by atoms with Gasteiger partial charge in [-0.1, -0.05) is 88.4 Å². The van der Waals surface area contributed by atoms with Gasteiger partial charge in [0, 0.05) is 0 Å². The van der Waals surface area contributed by atoms with Crippen LogP contribution in [0.1, 0.15) is 75.0 Å². The maximum Gasteiger partial charge on any atom is 0.118 e. The Labute approximate surface area is 147 Å². The summed E-state index contributed by atoms with van der Waals surface area (Å²) in [4.78, 5) is 0. The summed E-state index contributed by atoms with van der Waals surface area (Å²) in [6.45, 7) is 4.54. The molecule has 0 heterocycles. The Hall–Kier alpha value is -1.76. The van der Waals surface area contributed by atoms with Gasteiger partial charge < -0.3 is 5.11 Å². The van der Waals surface area contributed by atoms with Crippen molar-refractivity contribution in [3.8, 4) is 5.75 Å². The summed E-state index contributed by atoms with van der Waals surface area (Å²) < 4.78 is 0. The van der Waals surface area contributed by atoms with Crippen molar-refractivity contribution in [2.24, 2.45) is 0 Å². The molecule has 0 saturated heterocycles. The summed E-state index contributed by atoms with van der Waals surface area (Å²) >= 11 is 0. The first-order valence-electron chi connectivity index (χ1n) is 9.57. The molecule has 2 aromatic carbocycles. The number of aryl methyl sites for hydroxylation is 1. The molecule has 2 aromatic rings. The Morgan fingerprint density at radius 2 is 1.42 bits per heavy atom. The number of rotatable bonds is 10. The molecule has 1 N–H and O–H groups in total. The third kappa shape index (κ3) is 5.70. The predicted molar refractivity (Wildman–Crippen MR) is 104 cm³/mol. The van der Waals surface area contributed by atoms with E-state index < -0.39 is 0 Å². The maximum atomic E-state index is 10.0. The normalized spacial score (nSPS) is 12.2. The van der Waals surface area contributed by atoms with Crippen LogP contribution in [0.25, 0.3) is 0 Å². The highest BCUT2D eigenvalue weighted by Gasteiger charge is 2.12. The van der Waals surface area contributed by atoms with Crippen molar-refractivity contribution in [3.05, 3.63) is 65.2 Å². The number of phenolic OH excluding ortho intramolecular Hbond substituents is 1. The number of para-hydroxylation sites is 1. The lowest BCUT2D eigenvalue weighted by Gasteiger charge is -2.17. The lowest BCUT2D eigenvalue weighted by atomic mass is 9.88. The molecule has 0 aliphatic rings. The van der Waals surface area contributed by atoms with Crippen LogP contribution < -0.4 is 0 Å². The van der Waals surface area contributed by atoms with Gasteiger partial charge in [-0.15, -0.1) is 0 Å². The molecule has 0 saturated carbocycles. The van der Waals surface area contributed by atoms with Gasteiger partial charge in [-0.25, -0.2) is 0 Å². The Bertz CT molecular complexity index is 602. The fourth-order valence-corrected chi connectivity index (χ4v) is 3.46. The molecule has 0 spiro atoms. The highest BCUT2D eigenvalue weighted by atomic mass is 16.3. The van der Waals surface area contributed by atoms with Crippen molar-refractivity contribution in [1.29, 1.82) is 0 Å². The van der Waals surface area contributed by atoms with Crippen molar-refractivity contribution < 1.29 is 5.11 Å². The first-order chi connectivity index (χ1) is 11.7. The third-order valence-corrected chi connectivity index (χ3v) is 4.90. The smallest absolute Gasteiger partial charge is 0.118 e. The average molecular weight is 325 g/mol. The largest absolute Gasteiger partial charge is 0.508 e. The zero-order valence-electron chi connectivity index (χ0n) is 15.3. The molecular weight excluding hydrogens is 292 g/mol. The minimum Gasteiger partial charge on any atom is -0.508 e. The van der Waals surface area contributed by atoms with Gasteiger partial charge in [0.2, 0.25) is 0 Å². The zero-order valence-corrected chi connectivity index (χ0v) is 15.3. The van der Waals surface area contributed by atoms with Crippen LogP contribution in [0.15, 0.2) is 48.5 Å². The molecule has 0 amide bonds. The molecule has 0 bridgehead atoms. The number of phenols is 1. The van der Waals surface area contributed by atoms with E-state index in [1.54, 1.807) is 6.07 Å². The minimum atomic E-state index is 0.415. The quantitative estimate of drug-likeness (QED) is 0.486. The Balaban J connectivity index is 1.93. The van der Waals surface area contributed by atoms with Gasteiger partial charge in [0.05, 0.1) is 0 Å². The van der Waals surface area contributed by atoms with Crippen LogP contribution >= 0.6 is 0 Å². The molecule has 0 radical (unpaired) electrons. The highest BCUT2D eigenvalue weighted by Crippen LogP contribution is 2.28. The van der Waals surface area contributed by atoms with Gasteiger partial charge in [0.25, 0.3) is 0 Å². The number of hydrogen-bond acceptors (Lipinski definition) is 1. The van der Waals surface area contributed by atoms with Gasteiger partial charge in [-0.3, -0.25) is 0 Å². The first-order valence-corrected chi connectivity index (χ1v) is 9.57. The lowest BCUT2D eigenvalue weighted by Crippen LogP contribution is -2.03. The van der Waals surface area contributed by atoms with E-state index in [4.69, 9.17) is 0 Å². The first kappa shape index (κ1) is 18.6. The average Bonchev–Trinajstić information content (AvgIpc) is 2.60. The van der Waals surface area contributed by atoms with Gasteiger partial charge in [0.1, 0.15) is 5.75 Å². The summed E-state index contributed by atoms with van der Waals surface area (Å²) in [6, 6.07) is 16.5. The summed E-state index contributed by atoms with van der Waals surface area (Å²) in [6.07, 6.45) is 10.1. The van der Waals surface area contributed by atoms with E-state index in [0.29, 0.717) is 11.7 Å². The Kier molecular flexibility index (Phi) is 7.88. The van der Waals surface area contributed by atoms with Crippen molar-refractivity contribution in [2.45, 2.75) is 71.1 Å². The van der Waals surface area contributed by atoms with Crippen molar-refractivity contribution in [3.63, 3.8) is 0 Å². The number of unbranched alkanes of at least 4 members (excludes halogenated alkanes) is 5. The monoisotopic (exact) mass is 324 g/mol. The van der Waals surface area contributed by atoms with Crippen molar-refractivity contribution in [1.82, 2.24) is 0 Å². The maximum absolute atomic E-state index is 10.0. The summed E-state index contributed by atoms with van der Waals surface area (Å²) in [5, 5.41) is 10.0. The molecule has 1 unspecified atom stereocenters. The predicted octanol–water partition coefficient (Wildman–Crippen LogP) is 6.64. The summed E-state index contributed by atoms with van der Waals surface area (Å²) in [7, 11) is 0. The van der Waals surface area contributed by atoms with Crippen LogP contribution in [0.5, 0.6) is 5.75 Å². The molecule has 0 fully saturated rings. The van der Waals surface area contributed by atoms with Gasteiger partial charge >= 0.3 is 0 Å². The van der Waals surface area contributed by atoms with Crippen LogP contribution in [0, 0.1) is 0 Å². The van der Waals surface area contributed by atoms with Gasteiger partial charge in [0.15, 0.2) is 0 Å². The molecule has 130 valence electrons. The van der Waals surface area contributed by atoms with E-state index >= 15 is 0 Å². The molecule has 1 nitrogen and oxygen atoms in total. The van der Waals surface area contributed by atoms with Gasteiger partial charge in [-0.2, -0.15) is 0 Å². The van der Waals surface area contributed by atoms with E-state index in [1.165, 1.54) is 56.1 Å². The fourth-order valence-electron chi connectivity index (χ4n) is 3.46. The lowest BCUT2D eigenvalue weighted by molar-refractivity contribution is 0.465. The fraction of sp³-hybridized carbons (Fsp3) is 0.478. The van der Waals surface area contributed by atoms with Crippen LogP contribution in [0.4, 0.5) is 0 Å². The molecule has 2 rings (SSSR count). The van der Waals surface area contributed by atoms with Crippen LogP contribution in [0.3, 0.4) is 0 Å². The van der Waals surface area contributed by atoms with E-state index in [9.17, 15) is 5.11 Å². The molecular formula is C23H32O. The number of hydrogen-bond donors (Lipinski definition) is 1. The molecule has 24 heavy (non-hydrogen) atoms. The Morgan fingerprint density at radius 3 is 2.17 bits per heavy atom. The van der Waals surface area contributed by atoms with Crippen LogP contribution in [-0.2, 0) is 12.8 Å². The van der Waals surface area contributed by atoms with E-state index in [0.717, 1.165) is 12.0 Å². The second-order valence-electron chi connectivity index (χ2n) is 6.95.